The normalized spacial score (nSPS) is 12.2. The molecule has 1 aliphatic heterocycles. The second kappa shape index (κ2) is 37.8. The fourth-order valence-corrected chi connectivity index (χ4v) is 6.48. The molecule has 1 aromatic carbocycles. The van der Waals surface area contributed by atoms with E-state index in [-0.39, 0.29) is 88.4 Å². The number of rotatable bonds is 42. The molecule has 2 aromatic heterocycles. The number of carbonyl (C=O) groups is 3. The summed E-state index contributed by atoms with van der Waals surface area (Å²) in [6.45, 7) is 10.5. The zero-order chi connectivity index (χ0) is 55.5. The van der Waals surface area contributed by atoms with Gasteiger partial charge in [-0.1, -0.05) is 6.92 Å². The third kappa shape index (κ3) is 25.0. The number of aliphatic imine (C=N–C) groups is 1. The highest BCUT2D eigenvalue weighted by molar-refractivity contribution is 6.05. The molecule has 428 valence electrons. The van der Waals surface area contributed by atoms with Crippen LogP contribution in [-0.2, 0) is 73.1 Å². The van der Waals surface area contributed by atoms with Crippen molar-refractivity contribution in [3.63, 3.8) is 0 Å². The second-order valence-electron chi connectivity index (χ2n) is 16.1. The number of carbonyl (C=O) groups excluding carboxylic acids is 3. The number of amides is 2. The highest BCUT2D eigenvalue weighted by atomic mass is 19.2. The highest BCUT2D eigenvalue weighted by Crippen LogP contribution is 2.30. The fourth-order valence-electron chi connectivity index (χ4n) is 6.48. The topological polar surface area (TPSA) is 274 Å². The molecule has 3 heterocycles. The number of ether oxygens (including phenoxy) is 11. The Kier molecular flexibility index (Phi) is 31.3. The maximum absolute atomic E-state index is 13.6. The summed E-state index contributed by atoms with van der Waals surface area (Å²) in [5, 5.41) is 3.99. The minimum Gasteiger partial charge on any atom is -0.420 e. The molecule has 0 bridgehead atoms. The largest absolute Gasteiger partial charge is 0.420 e. The number of hydrogen-bond donors (Lipinski definition) is 3. The lowest BCUT2D eigenvalue weighted by molar-refractivity contribution is -0.180. The number of benzene rings is 1. The van der Waals surface area contributed by atoms with E-state index in [2.05, 4.69) is 30.0 Å². The number of hydroxylamine groups is 2. The summed E-state index contributed by atoms with van der Waals surface area (Å²) in [5.74, 6) is -9.95. The van der Waals surface area contributed by atoms with Crippen molar-refractivity contribution in [2.75, 3.05) is 145 Å². The van der Waals surface area contributed by atoms with Gasteiger partial charge >= 0.3 is 5.97 Å². The van der Waals surface area contributed by atoms with Crippen LogP contribution >= 0.6 is 0 Å². The summed E-state index contributed by atoms with van der Waals surface area (Å²) in [5.41, 5.74) is 7.97. The van der Waals surface area contributed by atoms with Crippen LogP contribution in [0.2, 0.25) is 0 Å². The molecule has 0 fully saturated rings. The minimum absolute atomic E-state index is 0.0111. The lowest BCUT2D eigenvalue weighted by Gasteiger charge is -2.21. The first-order valence-corrected chi connectivity index (χ1v) is 25.1. The molecular weight excluding hydrogens is 1030 g/mol. The van der Waals surface area contributed by atoms with E-state index in [0.29, 0.717) is 140 Å². The number of hydrogen-bond acceptors (Lipinski definition) is 20. The molecule has 0 unspecified atom stereocenters. The van der Waals surface area contributed by atoms with Gasteiger partial charge < -0.3 is 68.1 Å². The zero-order valence-corrected chi connectivity index (χ0v) is 43.4. The number of aromatic amines is 1. The van der Waals surface area contributed by atoms with Crippen molar-refractivity contribution < 1.29 is 88.9 Å². The first-order valence-electron chi connectivity index (χ1n) is 25.1. The monoisotopic (exact) mass is 1100 g/mol. The Hall–Kier alpha value is -5.85. The molecule has 0 saturated carbocycles. The van der Waals surface area contributed by atoms with Crippen LogP contribution in [0.5, 0.6) is 5.75 Å². The van der Waals surface area contributed by atoms with Crippen molar-refractivity contribution in [3.8, 4) is 17.0 Å². The third-order valence-electron chi connectivity index (χ3n) is 10.2. The van der Waals surface area contributed by atoms with Gasteiger partial charge in [-0.15, -0.1) is 0 Å². The van der Waals surface area contributed by atoms with Crippen molar-refractivity contribution >= 4 is 35.4 Å². The molecule has 77 heavy (non-hydrogen) atoms. The van der Waals surface area contributed by atoms with E-state index in [0.717, 1.165) is 0 Å². The Balaban J connectivity index is 0.868. The Morgan fingerprint density at radius 2 is 1.14 bits per heavy atom. The smallest absolute Gasteiger partial charge is 0.313 e. The molecule has 0 spiro atoms. The quantitative estimate of drug-likeness (QED) is 0.0183. The van der Waals surface area contributed by atoms with Gasteiger partial charge in [0.2, 0.25) is 23.3 Å². The molecule has 3 aromatic rings. The number of nitrogens with two attached hydrogens (primary N) is 1. The maximum Gasteiger partial charge on any atom is 0.313 e. The third-order valence-corrected chi connectivity index (χ3v) is 10.2. The van der Waals surface area contributed by atoms with E-state index in [1.165, 1.54) is 17.5 Å². The van der Waals surface area contributed by atoms with Crippen molar-refractivity contribution in [3.05, 3.63) is 75.1 Å². The van der Waals surface area contributed by atoms with Gasteiger partial charge in [0.1, 0.15) is 11.5 Å². The SMILES string of the molecule is CCCN(OCC)C(=O)C1=Cc2ncc(-c3cnc(CNC(=O)CCOCCOCCOCCOCCOCCOCCOCCOCCOCCOCCC(=O)Oc4c(F)c(F)cc(F)c4F)c(=O)[nH]3)cc2N=C(N)C1. The number of aromatic nitrogens is 3. The van der Waals surface area contributed by atoms with Gasteiger partial charge in [-0.25, -0.2) is 18.8 Å². The number of halogens is 4. The van der Waals surface area contributed by atoms with Crippen LogP contribution in [0.15, 0.2) is 39.9 Å². The first-order chi connectivity index (χ1) is 37.4. The molecule has 1 aliphatic rings. The lowest BCUT2D eigenvalue weighted by Crippen LogP contribution is -2.34. The summed E-state index contributed by atoms with van der Waals surface area (Å²) in [7, 11) is 0. The van der Waals surface area contributed by atoms with Crippen LogP contribution in [0.25, 0.3) is 17.3 Å². The number of esters is 1. The predicted octanol–water partition coefficient (Wildman–Crippen LogP) is 3.52. The van der Waals surface area contributed by atoms with E-state index >= 15 is 0 Å². The number of nitrogens with zero attached hydrogens (tertiary/aromatic N) is 4. The van der Waals surface area contributed by atoms with Gasteiger partial charge in [0.25, 0.3) is 11.5 Å². The average Bonchev–Trinajstić information content (AvgIpc) is 3.59. The summed E-state index contributed by atoms with van der Waals surface area (Å²) in [4.78, 5) is 71.6. The minimum atomic E-state index is -1.81. The molecule has 0 aliphatic carbocycles. The van der Waals surface area contributed by atoms with E-state index < -0.39 is 47.0 Å². The average molecular weight is 1100 g/mol. The highest BCUT2D eigenvalue weighted by Gasteiger charge is 2.24. The molecule has 23 nitrogen and oxygen atoms in total. The van der Waals surface area contributed by atoms with E-state index in [1.54, 1.807) is 19.1 Å². The van der Waals surface area contributed by atoms with Gasteiger partial charge in [-0.05, 0) is 25.5 Å². The van der Waals surface area contributed by atoms with Crippen LogP contribution in [0.4, 0.5) is 23.2 Å². The molecule has 0 atom stereocenters. The molecule has 0 saturated heterocycles. The number of pyridine rings is 1. The zero-order valence-electron chi connectivity index (χ0n) is 43.4. The van der Waals surface area contributed by atoms with Crippen molar-refractivity contribution in [2.45, 2.75) is 46.1 Å². The molecule has 0 radical (unpaired) electrons. The van der Waals surface area contributed by atoms with Crippen molar-refractivity contribution in [2.24, 2.45) is 10.7 Å². The first kappa shape index (κ1) is 63.7. The molecule has 27 heteroatoms. The Morgan fingerprint density at radius 1 is 0.662 bits per heavy atom. The van der Waals surface area contributed by atoms with Crippen LogP contribution < -0.4 is 21.3 Å². The number of fused-ring (bicyclic) bond motifs is 1. The fraction of sp³-hybridized carbons (Fsp3) is 0.580. The van der Waals surface area contributed by atoms with Gasteiger partial charge in [0.15, 0.2) is 11.6 Å². The molecule has 4 N–H and O–H groups in total. The number of nitrogens with one attached hydrogen (secondary N) is 2. The Labute approximate surface area is 442 Å². The Morgan fingerprint density at radius 3 is 1.61 bits per heavy atom. The van der Waals surface area contributed by atoms with Gasteiger partial charge in [-0.2, -0.15) is 8.78 Å². The Bertz CT molecular complexity index is 2350. The summed E-state index contributed by atoms with van der Waals surface area (Å²) in [6.07, 6.45) is 5.14. The number of amidine groups is 1. The predicted molar refractivity (Wildman–Crippen MR) is 267 cm³/mol. The van der Waals surface area contributed by atoms with E-state index in [1.807, 2.05) is 6.92 Å². The van der Waals surface area contributed by atoms with Gasteiger partial charge in [0, 0.05) is 42.8 Å². The second-order valence-corrected chi connectivity index (χ2v) is 16.1. The van der Waals surface area contributed by atoms with Crippen LogP contribution in [0.3, 0.4) is 0 Å². The van der Waals surface area contributed by atoms with Crippen LogP contribution in [0.1, 0.15) is 50.9 Å². The van der Waals surface area contributed by atoms with Gasteiger partial charge in [-0.3, -0.25) is 34.0 Å². The summed E-state index contributed by atoms with van der Waals surface area (Å²) in [6, 6.07) is 1.71. The van der Waals surface area contributed by atoms with Crippen LogP contribution in [0, 0.1) is 23.3 Å². The van der Waals surface area contributed by atoms with E-state index in [9.17, 15) is 36.7 Å². The number of H-pyrrole nitrogens is 1. The molecule has 2 amide bonds. The maximum atomic E-state index is 13.6. The van der Waals surface area contributed by atoms with E-state index in [4.69, 9.17) is 57.9 Å². The lowest BCUT2D eigenvalue weighted by atomic mass is 10.1. The summed E-state index contributed by atoms with van der Waals surface area (Å²) < 4.78 is 112. The molecule has 4 rings (SSSR count). The summed E-state index contributed by atoms with van der Waals surface area (Å²) >= 11 is 0. The van der Waals surface area contributed by atoms with Crippen molar-refractivity contribution in [1.29, 1.82) is 0 Å². The van der Waals surface area contributed by atoms with Crippen LogP contribution in [-0.4, -0.2) is 189 Å². The standard InChI is InChI=1S/C50H69F4N7O16/c1-3-7-61(76-4-2)50(65)35-28-39-40(59-43(55)30-35)29-36(32-56-39)41-33-57-42(49(64)60-41)34-58-44(62)5-8-66-10-12-68-14-16-70-18-20-72-22-24-74-26-27-75-25-23-73-21-19-71-17-15-69-13-11-67-9-6-45(63)77-48-46(53)37(51)31-38(52)47(48)54/h28-29,31-33H,3-27,30,34H2,1-2H3,(H2,55,59)(H,58,62)(H,60,64). The van der Waals surface area contributed by atoms with Gasteiger partial charge in [0.05, 0.1) is 175 Å². The molecular formula is C50H69F4N7O16. The van der Waals surface area contributed by atoms with Crippen molar-refractivity contribution in [1.82, 2.24) is 25.3 Å².